The van der Waals surface area contributed by atoms with Crippen LogP contribution in [-0.2, 0) is 0 Å². The maximum Gasteiger partial charge on any atom is 0.313 e. The Labute approximate surface area is 115 Å². The first kappa shape index (κ1) is 14.0. The van der Waals surface area contributed by atoms with Crippen LogP contribution in [0.4, 0.5) is 16.3 Å². The summed E-state index contributed by atoms with van der Waals surface area (Å²) in [5.41, 5.74) is 0. The Morgan fingerprint density at radius 3 is 1.65 bits per heavy atom. The van der Waals surface area contributed by atoms with E-state index in [1.807, 2.05) is 0 Å². The van der Waals surface area contributed by atoms with Crippen LogP contribution in [0.25, 0.3) is 0 Å². The lowest BCUT2D eigenvalue weighted by Crippen LogP contribution is -2.18. The number of hydrogen-bond acceptors (Lipinski definition) is 8. The molecule has 2 rings (SSSR count). The van der Waals surface area contributed by atoms with Crippen molar-refractivity contribution in [2.24, 2.45) is 0 Å². The molecule has 2 aromatic heterocycles. The number of rotatable bonds is 5. The second-order valence-corrected chi connectivity index (χ2v) is 4.08. The molecule has 0 spiro atoms. The largest absolute Gasteiger partial charge is 0.352 e. The van der Waals surface area contributed by atoms with E-state index in [1.165, 1.54) is 0 Å². The van der Waals surface area contributed by atoms with E-state index in [0.29, 0.717) is 36.5 Å². The molecule has 8 nitrogen and oxygen atoms in total. The molecular weight excluding hydrogens is 263 g/mol. The SMILES string of the molecule is Cc1nc(C)nc(NCCNc2nc(C)nc(F)n2)n1. The molecule has 2 heterocycles. The minimum Gasteiger partial charge on any atom is -0.352 e. The van der Waals surface area contributed by atoms with Gasteiger partial charge in [-0.2, -0.15) is 29.3 Å². The van der Waals surface area contributed by atoms with Crippen LogP contribution >= 0.6 is 0 Å². The average Bonchev–Trinajstić information content (AvgIpc) is 2.32. The van der Waals surface area contributed by atoms with Crippen molar-refractivity contribution in [1.82, 2.24) is 29.9 Å². The van der Waals surface area contributed by atoms with Crippen LogP contribution in [0.15, 0.2) is 0 Å². The molecule has 20 heavy (non-hydrogen) atoms. The number of anilines is 2. The third-order valence-corrected chi connectivity index (χ3v) is 2.27. The van der Waals surface area contributed by atoms with Crippen molar-refractivity contribution in [3.05, 3.63) is 23.6 Å². The molecule has 0 amide bonds. The molecule has 2 N–H and O–H groups in total. The van der Waals surface area contributed by atoms with Gasteiger partial charge in [-0.15, -0.1) is 0 Å². The van der Waals surface area contributed by atoms with Gasteiger partial charge in [-0.1, -0.05) is 0 Å². The molecule has 0 radical (unpaired) electrons. The molecule has 0 aliphatic heterocycles. The van der Waals surface area contributed by atoms with Gasteiger partial charge in [0.2, 0.25) is 11.9 Å². The molecule has 0 bridgehead atoms. The fraction of sp³-hybridized carbons (Fsp3) is 0.455. The zero-order valence-corrected chi connectivity index (χ0v) is 11.5. The highest BCUT2D eigenvalue weighted by atomic mass is 19.1. The summed E-state index contributed by atoms with van der Waals surface area (Å²) in [6.45, 7) is 6.23. The zero-order chi connectivity index (χ0) is 14.5. The molecule has 9 heteroatoms. The Hall–Kier alpha value is -2.45. The van der Waals surface area contributed by atoms with Gasteiger partial charge in [-0.05, 0) is 20.8 Å². The van der Waals surface area contributed by atoms with E-state index in [9.17, 15) is 4.39 Å². The predicted molar refractivity (Wildman–Crippen MR) is 70.8 cm³/mol. The van der Waals surface area contributed by atoms with E-state index in [-0.39, 0.29) is 5.95 Å². The summed E-state index contributed by atoms with van der Waals surface area (Å²) < 4.78 is 12.9. The summed E-state index contributed by atoms with van der Waals surface area (Å²) >= 11 is 0. The minimum absolute atomic E-state index is 0.208. The number of hydrogen-bond donors (Lipinski definition) is 2. The smallest absolute Gasteiger partial charge is 0.313 e. The maximum atomic E-state index is 12.9. The molecule has 0 aromatic carbocycles. The number of nitrogens with one attached hydrogen (secondary N) is 2. The average molecular weight is 278 g/mol. The maximum absolute atomic E-state index is 12.9. The lowest BCUT2D eigenvalue weighted by molar-refractivity contribution is 0.529. The second-order valence-electron chi connectivity index (χ2n) is 4.08. The van der Waals surface area contributed by atoms with Crippen LogP contribution in [0.5, 0.6) is 0 Å². The number of halogens is 1. The summed E-state index contributed by atoms with van der Waals surface area (Å²) in [7, 11) is 0. The number of aryl methyl sites for hydroxylation is 3. The van der Waals surface area contributed by atoms with Crippen molar-refractivity contribution in [2.75, 3.05) is 23.7 Å². The Balaban J connectivity index is 1.84. The molecule has 0 fully saturated rings. The van der Waals surface area contributed by atoms with E-state index >= 15 is 0 Å². The zero-order valence-electron chi connectivity index (χ0n) is 11.5. The quantitative estimate of drug-likeness (QED) is 0.768. The van der Waals surface area contributed by atoms with Gasteiger partial charge < -0.3 is 10.6 Å². The first-order chi connectivity index (χ1) is 9.52. The van der Waals surface area contributed by atoms with Gasteiger partial charge in [0.05, 0.1) is 0 Å². The molecular formula is C11H15FN8. The third-order valence-electron chi connectivity index (χ3n) is 2.27. The van der Waals surface area contributed by atoms with Crippen molar-refractivity contribution in [2.45, 2.75) is 20.8 Å². The molecule has 0 saturated carbocycles. The first-order valence-corrected chi connectivity index (χ1v) is 6.08. The summed E-state index contributed by atoms with van der Waals surface area (Å²) in [6, 6.07) is 0. The fourth-order valence-corrected chi connectivity index (χ4v) is 1.57. The highest BCUT2D eigenvalue weighted by molar-refractivity contribution is 5.26. The third kappa shape index (κ3) is 4.04. The van der Waals surface area contributed by atoms with Gasteiger partial charge in [-0.25, -0.2) is 4.98 Å². The summed E-state index contributed by atoms with van der Waals surface area (Å²) in [6.07, 6.45) is -0.795. The summed E-state index contributed by atoms with van der Waals surface area (Å²) in [5, 5.41) is 5.93. The highest BCUT2D eigenvalue weighted by Crippen LogP contribution is 2.00. The standard InChI is InChI=1S/C11H15FN8/c1-6-15-7(2)18-10(17-6)13-4-5-14-11-19-8(3)16-9(12)20-11/h4-5H2,1-3H3,(H,13,15,17,18)(H,14,16,19,20). The Kier molecular flexibility index (Phi) is 4.28. The van der Waals surface area contributed by atoms with Gasteiger partial charge >= 0.3 is 6.08 Å². The molecule has 0 atom stereocenters. The first-order valence-electron chi connectivity index (χ1n) is 6.08. The van der Waals surface area contributed by atoms with Gasteiger partial charge in [0.15, 0.2) is 0 Å². The highest BCUT2D eigenvalue weighted by Gasteiger charge is 2.03. The predicted octanol–water partition coefficient (Wildman–Crippen LogP) is 0.645. The molecule has 0 unspecified atom stereocenters. The van der Waals surface area contributed by atoms with Crippen LogP contribution in [-0.4, -0.2) is 43.0 Å². The van der Waals surface area contributed by atoms with Crippen molar-refractivity contribution < 1.29 is 4.39 Å². The molecule has 0 aliphatic rings. The van der Waals surface area contributed by atoms with E-state index < -0.39 is 6.08 Å². The topological polar surface area (TPSA) is 101 Å². The molecule has 106 valence electrons. The van der Waals surface area contributed by atoms with Crippen LogP contribution in [0.1, 0.15) is 17.5 Å². The normalized spacial score (nSPS) is 10.4. The van der Waals surface area contributed by atoms with Crippen LogP contribution in [0.3, 0.4) is 0 Å². The van der Waals surface area contributed by atoms with Crippen molar-refractivity contribution in [3.8, 4) is 0 Å². The fourth-order valence-electron chi connectivity index (χ4n) is 1.57. The van der Waals surface area contributed by atoms with Crippen molar-refractivity contribution in [3.63, 3.8) is 0 Å². The number of nitrogens with zero attached hydrogens (tertiary/aromatic N) is 6. The number of aromatic nitrogens is 6. The molecule has 0 saturated heterocycles. The van der Waals surface area contributed by atoms with Crippen LogP contribution in [0, 0.1) is 26.8 Å². The second kappa shape index (κ2) is 6.13. The Morgan fingerprint density at radius 2 is 1.15 bits per heavy atom. The van der Waals surface area contributed by atoms with Gasteiger partial charge in [-0.3, -0.25) is 0 Å². The van der Waals surface area contributed by atoms with Gasteiger partial charge in [0, 0.05) is 13.1 Å². The summed E-state index contributed by atoms with van der Waals surface area (Å²) in [4.78, 5) is 23.3. The van der Waals surface area contributed by atoms with Crippen LogP contribution < -0.4 is 10.6 Å². The van der Waals surface area contributed by atoms with Crippen LogP contribution in [0.2, 0.25) is 0 Å². The molecule has 2 aromatic rings. The van der Waals surface area contributed by atoms with E-state index in [2.05, 4.69) is 40.5 Å². The lowest BCUT2D eigenvalue weighted by Gasteiger charge is -2.07. The van der Waals surface area contributed by atoms with E-state index in [4.69, 9.17) is 0 Å². The minimum atomic E-state index is -0.795. The van der Waals surface area contributed by atoms with Crippen molar-refractivity contribution in [1.29, 1.82) is 0 Å². The Bertz CT molecular complexity index is 509. The molecule has 0 aliphatic carbocycles. The van der Waals surface area contributed by atoms with Gasteiger partial charge in [0.1, 0.15) is 17.5 Å². The van der Waals surface area contributed by atoms with Gasteiger partial charge in [0.25, 0.3) is 0 Å². The van der Waals surface area contributed by atoms with Crippen molar-refractivity contribution >= 4 is 11.9 Å². The summed E-state index contributed by atoms with van der Waals surface area (Å²) in [5.74, 6) is 2.36. The Morgan fingerprint density at radius 1 is 0.700 bits per heavy atom. The monoisotopic (exact) mass is 278 g/mol. The van der Waals surface area contributed by atoms with E-state index in [1.54, 1.807) is 20.8 Å². The lowest BCUT2D eigenvalue weighted by atomic mass is 10.6. The van der Waals surface area contributed by atoms with E-state index in [0.717, 1.165) is 0 Å².